The Kier molecular flexibility index (Phi) is 6.35. The number of rotatable bonds is 6. The van der Waals surface area contributed by atoms with E-state index in [1.165, 1.54) is 24.1 Å². The summed E-state index contributed by atoms with van der Waals surface area (Å²) in [5, 5.41) is 3.33. The number of nitrogens with zero attached hydrogens (tertiary/aromatic N) is 5. The van der Waals surface area contributed by atoms with Crippen LogP contribution in [-0.4, -0.2) is 52.9 Å². The zero-order chi connectivity index (χ0) is 23.7. The number of halogens is 1. The number of aryl methyl sites for hydroxylation is 1. The highest BCUT2D eigenvalue weighted by Gasteiger charge is 2.18. The molecule has 170 valence electrons. The maximum absolute atomic E-state index is 15.1. The van der Waals surface area contributed by atoms with Crippen LogP contribution >= 0.6 is 12.6 Å². The molecule has 4 aromatic rings. The molecule has 33 heavy (non-hydrogen) atoms. The Bertz CT molecular complexity index is 1380. The number of carbonyl (C=O) groups excluding carboxylic acids is 1. The molecular weight excluding hydrogens is 439 g/mol. The summed E-state index contributed by atoms with van der Waals surface area (Å²) < 4.78 is 16.9. The van der Waals surface area contributed by atoms with Gasteiger partial charge in [-0.1, -0.05) is 18.2 Å². The van der Waals surface area contributed by atoms with E-state index in [-0.39, 0.29) is 11.6 Å². The molecule has 0 saturated carbocycles. The molecule has 9 heteroatoms. The van der Waals surface area contributed by atoms with Crippen molar-refractivity contribution in [2.24, 2.45) is 0 Å². The van der Waals surface area contributed by atoms with E-state index in [0.717, 1.165) is 16.8 Å². The third-order valence-electron chi connectivity index (χ3n) is 5.28. The lowest BCUT2D eigenvalue weighted by molar-refractivity contribution is -0.114. The van der Waals surface area contributed by atoms with Gasteiger partial charge in [0.2, 0.25) is 0 Å². The molecule has 0 unspecified atom stereocenters. The van der Waals surface area contributed by atoms with Crippen molar-refractivity contribution in [2.75, 3.05) is 37.9 Å². The van der Waals surface area contributed by atoms with Crippen LogP contribution in [0.1, 0.15) is 5.56 Å². The molecule has 1 N–H and O–H groups in total. The highest BCUT2D eigenvalue weighted by atomic mass is 32.1. The predicted octanol–water partition coefficient (Wildman–Crippen LogP) is 4.41. The molecule has 2 aromatic heterocycles. The van der Waals surface area contributed by atoms with Crippen molar-refractivity contribution in [1.29, 1.82) is 0 Å². The van der Waals surface area contributed by atoms with Gasteiger partial charge in [0, 0.05) is 36.3 Å². The van der Waals surface area contributed by atoms with Crippen molar-refractivity contribution < 1.29 is 9.18 Å². The van der Waals surface area contributed by atoms with E-state index in [0.29, 0.717) is 28.3 Å². The van der Waals surface area contributed by atoms with Gasteiger partial charge in [0.25, 0.3) is 5.91 Å². The number of para-hydroxylation sites is 1. The lowest BCUT2D eigenvalue weighted by atomic mass is 10.2. The molecule has 0 spiro atoms. The first-order chi connectivity index (χ1) is 15.7. The summed E-state index contributed by atoms with van der Waals surface area (Å²) in [4.78, 5) is 25.4. The second-order valence-electron chi connectivity index (χ2n) is 8.11. The molecule has 0 aliphatic heterocycles. The van der Waals surface area contributed by atoms with E-state index >= 15 is 4.39 Å². The summed E-state index contributed by atoms with van der Waals surface area (Å²) >= 11 is 4.35. The number of hydrogen-bond acceptors (Lipinski definition) is 6. The highest BCUT2D eigenvalue weighted by molar-refractivity contribution is 7.84. The number of likely N-dealkylation sites (N-methyl/N-ethyl adjacent to an activating group) is 2. The Balaban J connectivity index is 1.76. The van der Waals surface area contributed by atoms with Gasteiger partial charge < -0.3 is 15.1 Å². The van der Waals surface area contributed by atoms with Crippen molar-refractivity contribution in [3.8, 4) is 0 Å². The number of aromatic nitrogens is 3. The van der Waals surface area contributed by atoms with E-state index in [9.17, 15) is 4.79 Å². The van der Waals surface area contributed by atoms with Gasteiger partial charge in [-0.15, -0.1) is 12.6 Å². The zero-order valence-electron chi connectivity index (χ0n) is 18.9. The Labute approximate surface area is 197 Å². The number of nitrogens with one attached hydrogen (secondary N) is 1. The Morgan fingerprint density at radius 2 is 1.97 bits per heavy atom. The van der Waals surface area contributed by atoms with E-state index in [4.69, 9.17) is 0 Å². The van der Waals surface area contributed by atoms with Crippen molar-refractivity contribution in [3.63, 3.8) is 0 Å². The third-order valence-corrected chi connectivity index (χ3v) is 5.55. The quantitative estimate of drug-likeness (QED) is 0.327. The number of hydrogen-bond donors (Lipinski definition) is 2. The van der Waals surface area contributed by atoms with Crippen LogP contribution in [0.3, 0.4) is 0 Å². The Hall–Kier alpha value is -3.43. The SMILES string of the molecule is Cc1ccccc1Nc1nc2cc(F)c(N(C)C(=O)/C=C(/S)CN(C)C)cc2n2cncc12. The van der Waals surface area contributed by atoms with Crippen molar-refractivity contribution in [2.45, 2.75) is 6.92 Å². The van der Waals surface area contributed by atoms with Gasteiger partial charge in [0.15, 0.2) is 5.82 Å². The van der Waals surface area contributed by atoms with E-state index in [1.54, 1.807) is 18.6 Å². The third kappa shape index (κ3) is 4.69. The smallest absolute Gasteiger partial charge is 0.251 e. The van der Waals surface area contributed by atoms with Crippen LogP contribution in [-0.2, 0) is 4.79 Å². The number of thiol groups is 1. The number of benzene rings is 2. The molecule has 0 bridgehead atoms. The maximum Gasteiger partial charge on any atom is 0.251 e. The second-order valence-corrected chi connectivity index (χ2v) is 8.69. The molecule has 0 aliphatic rings. The average Bonchev–Trinajstić information content (AvgIpc) is 3.24. The summed E-state index contributed by atoms with van der Waals surface area (Å²) in [6, 6.07) is 10.8. The summed E-state index contributed by atoms with van der Waals surface area (Å²) in [7, 11) is 5.30. The fraction of sp³-hybridized carbons (Fsp3) is 0.208. The molecule has 0 aliphatic carbocycles. The van der Waals surface area contributed by atoms with Crippen LogP contribution in [0.2, 0.25) is 0 Å². The van der Waals surface area contributed by atoms with E-state index in [1.807, 2.05) is 54.6 Å². The second kappa shape index (κ2) is 9.21. The lowest BCUT2D eigenvalue weighted by Gasteiger charge is -2.19. The summed E-state index contributed by atoms with van der Waals surface area (Å²) in [6.07, 6.45) is 4.74. The van der Waals surface area contributed by atoms with Crippen LogP contribution in [0.4, 0.5) is 21.6 Å². The van der Waals surface area contributed by atoms with E-state index in [2.05, 4.69) is 27.9 Å². The fourth-order valence-electron chi connectivity index (χ4n) is 3.58. The minimum absolute atomic E-state index is 0.145. The van der Waals surface area contributed by atoms with Crippen molar-refractivity contribution >= 4 is 52.3 Å². The zero-order valence-corrected chi connectivity index (χ0v) is 19.8. The van der Waals surface area contributed by atoms with Crippen LogP contribution in [0.15, 0.2) is 59.9 Å². The molecule has 2 aromatic carbocycles. The fourth-order valence-corrected chi connectivity index (χ4v) is 3.97. The number of fused-ring (bicyclic) bond motifs is 3. The van der Waals surface area contributed by atoms with Crippen molar-refractivity contribution in [1.82, 2.24) is 19.3 Å². The predicted molar refractivity (Wildman–Crippen MR) is 134 cm³/mol. The van der Waals surface area contributed by atoms with Gasteiger partial charge in [-0.25, -0.2) is 14.4 Å². The molecule has 7 nitrogen and oxygen atoms in total. The lowest BCUT2D eigenvalue weighted by Crippen LogP contribution is -2.26. The van der Waals surface area contributed by atoms with Crippen molar-refractivity contribution in [3.05, 3.63) is 71.3 Å². The first-order valence-corrected chi connectivity index (χ1v) is 10.8. The van der Waals surface area contributed by atoms with Crippen LogP contribution < -0.4 is 10.2 Å². The molecule has 2 heterocycles. The number of carbonyl (C=O) groups is 1. The minimum Gasteiger partial charge on any atom is -0.338 e. The number of imidazole rings is 1. The minimum atomic E-state index is -0.547. The standard InChI is InChI=1S/C24H25FN6OS/c1-15-7-5-6-8-18(15)27-24-22-12-26-14-31(22)21-11-20(17(25)10-19(21)28-24)30(4)23(32)9-16(33)13-29(2)3/h5-12,14,33H,13H2,1-4H3,(H,27,28)/b16-9+. The van der Waals surface area contributed by atoms with Gasteiger partial charge in [0.1, 0.15) is 11.3 Å². The topological polar surface area (TPSA) is 65.8 Å². The number of amides is 1. The molecule has 4 rings (SSSR count). The largest absolute Gasteiger partial charge is 0.338 e. The molecule has 0 saturated heterocycles. The Morgan fingerprint density at radius 3 is 2.70 bits per heavy atom. The molecule has 0 fully saturated rings. The van der Waals surface area contributed by atoms with Gasteiger partial charge in [-0.05, 0) is 38.7 Å². The first kappa shape index (κ1) is 22.8. The number of anilines is 3. The van der Waals surface area contributed by atoms with Crippen LogP contribution in [0.5, 0.6) is 0 Å². The summed E-state index contributed by atoms with van der Waals surface area (Å²) in [5.74, 6) is -0.348. The van der Waals surface area contributed by atoms with Gasteiger partial charge in [-0.2, -0.15) is 0 Å². The van der Waals surface area contributed by atoms with Crippen LogP contribution in [0.25, 0.3) is 16.6 Å². The van der Waals surface area contributed by atoms with E-state index < -0.39 is 5.82 Å². The molecule has 1 amide bonds. The molecule has 0 radical (unpaired) electrons. The normalized spacial score (nSPS) is 12.0. The van der Waals surface area contributed by atoms with Gasteiger partial charge in [-0.3, -0.25) is 9.20 Å². The average molecular weight is 465 g/mol. The Morgan fingerprint density at radius 1 is 1.21 bits per heavy atom. The van der Waals surface area contributed by atoms with Gasteiger partial charge >= 0.3 is 0 Å². The summed E-state index contributed by atoms with van der Waals surface area (Å²) in [5.41, 5.74) is 3.92. The highest BCUT2D eigenvalue weighted by Crippen LogP contribution is 2.30. The maximum atomic E-state index is 15.1. The molecule has 0 atom stereocenters. The first-order valence-electron chi connectivity index (χ1n) is 10.3. The van der Waals surface area contributed by atoms with Gasteiger partial charge in [0.05, 0.1) is 29.2 Å². The molecular formula is C24H25FN6OS. The summed E-state index contributed by atoms with van der Waals surface area (Å²) in [6.45, 7) is 2.51. The monoisotopic (exact) mass is 464 g/mol. The van der Waals surface area contributed by atoms with Crippen LogP contribution in [0, 0.1) is 12.7 Å².